The maximum absolute atomic E-state index is 10.8. The van der Waals surface area contributed by atoms with Gasteiger partial charge in [-0.15, -0.1) is 0 Å². The molecule has 0 aliphatic rings. The van der Waals surface area contributed by atoms with E-state index in [4.69, 9.17) is 14.8 Å². The van der Waals surface area contributed by atoms with Crippen LogP contribution in [0.25, 0.3) is 11.3 Å². The van der Waals surface area contributed by atoms with Crippen LogP contribution in [-0.4, -0.2) is 16.6 Å². The highest BCUT2D eigenvalue weighted by Gasteiger charge is 2.07. The third kappa shape index (κ3) is 2.51. The van der Waals surface area contributed by atoms with Gasteiger partial charge in [-0.3, -0.25) is 0 Å². The highest BCUT2D eigenvalue weighted by Crippen LogP contribution is 2.23. The molecule has 88 valence electrons. The summed E-state index contributed by atoms with van der Waals surface area (Å²) >= 11 is 0. The molecule has 2 aromatic rings. The van der Waals surface area contributed by atoms with Crippen LogP contribution in [0, 0.1) is 5.21 Å². The first-order valence-electron chi connectivity index (χ1n) is 4.81. The van der Waals surface area contributed by atoms with Crippen LogP contribution in [0.2, 0.25) is 0 Å². The minimum Gasteiger partial charge on any atom is -0.595 e. The van der Waals surface area contributed by atoms with E-state index in [0.29, 0.717) is 17.1 Å². The Morgan fingerprint density at radius 3 is 2.82 bits per heavy atom. The van der Waals surface area contributed by atoms with Crippen molar-refractivity contribution in [3.8, 4) is 11.3 Å². The molecule has 0 amide bonds. The summed E-state index contributed by atoms with van der Waals surface area (Å²) in [5.74, 6) is 0.909. The molecule has 1 aromatic heterocycles. The van der Waals surface area contributed by atoms with Crippen LogP contribution in [0.1, 0.15) is 5.76 Å². The molecule has 0 saturated heterocycles. The van der Waals surface area contributed by atoms with E-state index >= 15 is 0 Å². The number of benzene rings is 1. The second-order valence-electron chi connectivity index (χ2n) is 3.33. The van der Waals surface area contributed by atoms with Crippen LogP contribution in [0.3, 0.4) is 0 Å². The smallest absolute Gasteiger partial charge is 0.164 e. The molecule has 2 rings (SSSR count). The zero-order valence-electron chi connectivity index (χ0n) is 8.70. The lowest BCUT2D eigenvalue weighted by atomic mass is 10.1. The Labute approximate surface area is 96.5 Å². The number of oxime groups is 1. The number of nitrogens with zero attached hydrogens (tertiary/aromatic N) is 1. The molecule has 1 aromatic carbocycles. The number of rotatable bonds is 3. The molecule has 1 heterocycles. The first-order valence-corrected chi connectivity index (χ1v) is 4.81. The number of nitrogens with one attached hydrogen (secondary N) is 1. The van der Waals surface area contributed by atoms with Crippen molar-refractivity contribution in [3.63, 3.8) is 0 Å². The lowest BCUT2D eigenvalue weighted by molar-refractivity contribution is -0.991. The number of hydrogen-bond acceptors (Lipinski definition) is 5. The molecule has 6 heteroatoms. The van der Waals surface area contributed by atoms with Gasteiger partial charge in [-0.2, -0.15) is 5.23 Å². The summed E-state index contributed by atoms with van der Waals surface area (Å²) in [6.45, 7) is 0. The quantitative estimate of drug-likeness (QED) is 0.422. The lowest BCUT2D eigenvalue weighted by Crippen LogP contribution is -2.99. The Morgan fingerprint density at radius 2 is 2.12 bits per heavy atom. The van der Waals surface area contributed by atoms with Crippen molar-refractivity contribution in [2.24, 2.45) is 5.16 Å². The second-order valence-corrected chi connectivity index (χ2v) is 3.33. The highest BCUT2D eigenvalue weighted by atomic mass is 16.8. The first kappa shape index (κ1) is 11.3. The van der Waals surface area contributed by atoms with E-state index in [0.717, 1.165) is 6.21 Å². The van der Waals surface area contributed by atoms with Crippen molar-refractivity contribution < 1.29 is 20.1 Å². The standard InChI is InChI=1S/C11H10N2O4/c14-12-7-10-4-5-11(17-10)8-2-1-3-9(6-8)13(15)16/h1-7,13-15H. The van der Waals surface area contributed by atoms with Crippen molar-refractivity contribution in [3.05, 3.63) is 47.4 Å². The Morgan fingerprint density at radius 1 is 1.29 bits per heavy atom. The van der Waals surface area contributed by atoms with Crippen molar-refractivity contribution >= 4 is 11.9 Å². The van der Waals surface area contributed by atoms with E-state index in [-0.39, 0.29) is 5.69 Å². The molecule has 0 fully saturated rings. The summed E-state index contributed by atoms with van der Waals surface area (Å²) in [4.78, 5) is 0. The Kier molecular flexibility index (Phi) is 3.20. The van der Waals surface area contributed by atoms with Gasteiger partial charge in [0, 0.05) is 17.7 Å². The molecule has 0 radical (unpaired) electrons. The van der Waals surface area contributed by atoms with Gasteiger partial charge in [0.25, 0.3) is 0 Å². The molecule has 17 heavy (non-hydrogen) atoms. The third-order valence-electron chi connectivity index (χ3n) is 2.21. The van der Waals surface area contributed by atoms with Crippen molar-refractivity contribution in [1.82, 2.24) is 0 Å². The van der Waals surface area contributed by atoms with Gasteiger partial charge >= 0.3 is 0 Å². The van der Waals surface area contributed by atoms with Gasteiger partial charge < -0.3 is 14.8 Å². The van der Waals surface area contributed by atoms with Gasteiger partial charge in [0.15, 0.2) is 5.69 Å². The Hall–Kier alpha value is -2.15. The number of hydrogen-bond donors (Lipinski definition) is 3. The van der Waals surface area contributed by atoms with Gasteiger partial charge in [-0.25, -0.2) is 5.21 Å². The van der Waals surface area contributed by atoms with Crippen LogP contribution in [-0.2, 0) is 0 Å². The highest BCUT2D eigenvalue weighted by molar-refractivity contribution is 5.77. The maximum Gasteiger partial charge on any atom is 0.164 e. The predicted octanol–water partition coefficient (Wildman–Crippen LogP) is 1.16. The van der Waals surface area contributed by atoms with Gasteiger partial charge in [-0.1, -0.05) is 17.3 Å². The fraction of sp³-hybridized carbons (Fsp3) is 0. The zero-order chi connectivity index (χ0) is 12.3. The predicted molar refractivity (Wildman–Crippen MR) is 59.3 cm³/mol. The summed E-state index contributed by atoms with van der Waals surface area (Å²) in [5.41, 5.74) is 0.846. The molecule has 3 N–H and O–H groups in total. The molecule has 6 nitrogen and oxygen atoms in total. The van der Waals surface area contributed by atoms with Crippen molar-refractivity contribution in [1.29, 1.82) is 0 Å². The van der Waals surface area contributed by atoms with Gasteiger partial charge in [-0.05, 0) is 12.1 Å². The monoisotopic (exact) mass is 234 g/mol. The van der Waals surface area contributed by atoms with Crippen LogP contribution in [0.4, 0.5) is 5.69 Å². The summed E-state index contributed by atoms with van der Waals surface area (Å²) in [7, 11) is 0. The average Bonchev–Trinajstić information content (AvgIpc) is 2.78. The largest absolute Gasteiger partial charge is 0.595 e. The SMILES string of the molecule is [O-][NH+](O)c1cccc(-c2ccc(C=NO)o2)c1. The first-order chi connectivity index (χ1) is 8.20. The zero-order valence-corrected chi connectivity index (χ0v) is 8.70. The molecular formula is C11H10N2O4. The van der Waals surface area contributed by atoms with Crippen LogP contribution >= 0.6 is 0 Å². The van der Waals surface area contributed by atoms with E-state index < -0.39 is 5.23 Å². The molecule has 0 aliphatic carbocycles. The normalized spacial score (nSPS) is 13.1. The molecule has 0 aliphatic heterocycles. The topological polar surface area (TPSA) is 93.5 Å². The van der Waals surface area contributed by atoms with Gasteiger partial charge in [0.05, 0.1) is 0 Å². The van der Waals surface area contributed by atoms with Crippen LogP contribution < -0.4 is 5.23 Å². The Balaban J connectivity index is 2.35. The summed E-state index contributed by atoms with van der Waals surface area (Å²) in [6.07, 6.45) is 1.16. The summed E-state index contributed by atoms with van der Waals surface area (Å²) in [5, 5.41) is 29.9. The fourth-order valence-corrected chi connectivity index (χ4v) is 1.44. The molecular weight excluding hydrogens is 224 g/mol. The van der Waals surface area contributed by atoms with Gasteiger partial charge in [0.2, 0.25) is 0 Å². The molecule has 0 spiro atoms. The summed E-state index contributed by atoms with van der Waals surface area (Å²) < 4.78 is 5.34. The van der Waals surface area contributed by atoms with Gasteiger partial charge in [0.1, 0.15) is 17.7 Å². The summed E-state index contributed by atoms with van der Waals surface area (Å²) in [6, 6.07) is 9.71. The van der Waals surface area contributed by atoms with E-state index in [9.17, 15) is 5.21 Å². The molecule has 0 saturated carbocycles. The molecule has 0 bridgehead atoms. The van der Waals surface area contributed by atoms with Crippen molar-refractivity contribution in [2.75, 3.05) is 0 Å². The van der Waals surface area contributed by atoms with Crippen molar-refractivity contribution in [2.45, 2.75) is 0 Å². The van der Waals surface area contributed by atoms with E-state index in [1.54, 1.807) is 24.3 Å². The van der Waals surface area contributed by atoms with E-state index in [1.807, 2.05) is 0 Å². The molecule has 1 atom stereocenters. The average molecular weight is 234 g/mol. The van der Waals surface area contributed by atoms with Crippen LogP contribution in [0.15, 0.2) is 46.0 Å². The third-order valence-corrected chi connectivity index (χ3v) is 2.21. The van der Waals surface area contributed by atoms with Crippen LogP contribution in [0.5, 0.6) is 0 Å². The van der Waals surface area contributed by atoms with E-state index in [1.165, 1.54) is 12.1 Å². The fourth-order valence-electron chi connectivity index (χ4n) is 1.44. The molecule has 1 unspecified atom stereocenters. The maximum atomic E-state index is 10.8. The number of furan rings is 1. The number of quaternary nitrogens is 1. The minimum atomic E-state index is -0.990. The van der Waals surface area contributed by atoms with E-state index in [2.05, 4.69) is 5.16 Å². The Bertz CT molecular complexity index is 534. The lowest BCUT2D eigenvalue weighted by Gasteiger charge is -2.11. The minimum absolute atomic E-state index is 0.191. The second kappa shape index (κ2) is 4.79.